The minimum atomic E-state index is 1.41. The van der Waals surface area contributed by atoms with E-state index in [-0.39, 0.29) is 0 Å². The largest absolute Gasteiger partial charge is 0.137 e. The molecule has 2 heteroatoms. The Bertz CT molecular complexity index is 167. The minimum absolute atomic E-state index is 1.41. The molecule has 44 valence electrons. The molecule has 0 N–H and O–H groups in total. The molecular formula is C6H8S2. The fraction of sp³-hybridized carbons (Fsp3) is 0.333. The first-order valence-corrected chi connectivity index (χ1v) is 4.53. The lowest BCUT2D eigenvalue weighted by molar-refractivity contribution is 1.43. The summed E-state index contributed by atoms with van der Waals surface area (Å²) in [4.78, 5) is 0. The van der Waals surface area contributed by atoms with Gasteiger partial charge in [-0.2, -0.15) is 0 Å². The third-order valence-electron chi connectivity index (χ3n) is 1.00. The molecule has 0 aliphatic carbocycles. The molecule has 0 saturated carbocycles. The van der Waals surface area contributed by atoms with Gasteiger partial charge in [0.15, 0.2) is 0 Å². The fourth-order valence-corrected chi connectivity index (χ4v) is 2.16. The van der Waals surface area contributed by atoms with E-state index in [0.717, 1.165) is 0 Å². The summed E-state index contributed by atoms with van der Waals surface area (Å²) in [6, 6.07) is 2.15. The van der Waals surface area contributed by atoms with Crippen molar-refractivity contribution in [1.82, 2.24) is 0 Å². The van der Waals surface area contributed by atoms with E-state index in [9.17, 15) is 0 Å². The summed E-state index contributed by atoms with van der Waals surface area (Å²) < 4.78 is 1.44. The van der Waals surface area contributed by atoms with E-state index < -0.39 is 0 Å². The molecule has 1 heterocycles. The van der Waals surface area contributed by atoms with Crippen molar-refractivity contribution in [3.8, 4) is 0 Å². The smallest absolute Gasteiger partial charge is 0.0625 e. The molecule has 0 fully saturated rings. The van der Waals surface area contributed by atoms with Gasteiger partial charge in [0.1, 0.15) is 0 Å². The molecular weight excluding hydrogens is 136 g/mol. The molecule has 1 aromatic rings. The number of hydrogen-bond donors (Lipinski definition) is 0. The van der Waals surface area contributed by atoms with E-state index in [1.165, 1.54) is 9.77 Å². The molecule has 0 nitrogen and oxygen atoms in total. The summed E-state index contributed by atoms with van der Waals surface area (Å²) in [7, 11) is 0. The zero-order valence-corrected chi connectivity index (χ0v) is 6.60. The number of thioether (sulfide) groups is 1. The van der Waals surface area contributed by atoms with Crippen LogP contribution in [0.2, 0.25) is 0 Å². The topological polar surface area (TPSA) is 0 Å². The maximum Gasteiger partial charge on any atom is 0.0625 e. The highest BCUT2D eigenvalue weighted by atomic mass is 32.2. The van der Waals surface area contributed by atoms with Gasteiger partial charge in [-0.15, -0.1) is 23.1 Å². The Balaban J connectivity index is 2.92. The van der Waals surface area contributed by atoms with Crippen molar-refractivity contribution in [3.05, 3.63) is 17.0 Å². The maximum atomic E-state index is 2.15. The van der Waals surface area contributed by atoms with Gasteiger partial charge in [-0.3, -0.25) is 0 Å². The quantitative estimate of drug-likeness (QED) is 0.546. The van der Waals surface area contributed by atoms with Crippen LogP contribution in [0.5, 0.6) is 0 Å². The van der Waals surface area contributed by atoms with Gasteiger partial charge in [-0.25, -0.2) is 0 Å². The number of hydrogen-bond acceptors (Lipinski definition) is 2. The lowest BCUT2D eigenvalue weighted by atomic mass is 10.4. The first-order chi connectivity index (χ1) is 3.84. The fourth-order valence-electron chi connectivity index (χ4n) is 0.568. The predicted octanol–water partition coefficient (Wildman–Crippen LogP) is 2.78. The van der Waals surface area contributed by atoms with Crippen molar-refractivity contribution in [2.24, 2.45) is 0 Å². The molecule has 0 bridgehead atoms. The Hall–Kier alpha value is 0.0500. The zero-order chi connectivity index (χ0) is 5.98. The van der Waals surface area contributed by atoms with Crippen molar-refractivity contribution in [3.63, 3.8) is 0 Å². The third kappa shape index (κ3) is 1.06. The molecule has 1 aromatic heterocycles. The standard InChI is InChI=1S/C6H8S2/c1-5-3-4-8-6(5)7-2/h3-4H,1-2H3. The molecule has 0 radical (unpaired) electrons. The SMILES string of the molecule is CSc1sccc1C. The summed E-state index contributed by atoms with van der Waals surface area (Å²) in [5, 5.41) is 2.13. The Morgan fingerprint density at radius 2 is 2.38 bits per heavy atom. The second kappa shape index (κ2) is 2.55. The van der Waals surface area contributed by atoms with Crippen LogP contribution in [0.1, 0.15) is 5.56 Å². The van der Waals surface area contributed by atoms with E-state index in [1.807, 2.05) is 23.1 Å². The van der Waals surface area contributed by atoms with Crippen LogP contribution >= 0.6 is 23.1 Å². The van der Waals surface area contributed by atoms with E-state index >= 15 is 0 Å². The molecule has 1 rings (SSSR count). The average Bonchev–Trinajstić information content (AvgIpc) is 2.14. The highest BCUT2D eigenvalue weighted by molar-refractivity contribution is 8.00. The number of thiophene rings is 1. The van der Waals surface area contributed by atoms with Gasteiger partial charge in [-0.1, -0.05) is 0 Å². The highest BCUT2D eigenvalue weighted by Gasteiger charge is 1.93. The van der Waals surface area contributed by atoms with E-state index in [2.05, 4.69) is 24.6 Å². The Labute approximate surface area is 57.9 Å². The normalized spacial score (nSPS) is 9.75. The van der Waals surface area contributed by atoms with Crippen molar-refractivity contribution < 1.29 is 0 Å². The lowest BCUT2D eigenvalue weighted by Gasteiger charge is -1.87. The molecule has 0 aliphatic heterocycles. The van der Waals surface area contributed by atoms with Crippen LogP contribution in [0.3, 0.4) is 0 Å². The van der Waals surface area contributed by atoms with E-state index in [1.54, 1.807) is 0 Å². The molecule has 0 unspecified atom stereocenters. The van der Waals surface area contributed by atoms with Gasteiger partial charge in [0.05, 0.1) is 4.21 Å². The van der Waals surface area contributed by atoms with Crippen LogP contribution in [0.15, 0.2) is 15.7 Å². The van der Waals surface area contributed by atoms with Gasteiger partial charge >= 0.3 is 0 Å². The first-order valence-electron chi connectivity index (χ1n) is 2.42. The van der Waals surface area contributed by atoms with Gasteiger partial charge in [0, 0.05) is 0 Å². The second-order valence-corrected chi connectivity index (χ2v) is 3.59. The minimum Gasteiger partial charge on any atom is -0.137 e. The van der Waals surface area contributed by atoms with Crippen molar-refractivity contribution >= 4 is 23.1 Å². The van der Waals surface area contributed by atoms with Crippen LogP contribution < -0.4 is 0 Å². The van der Waals surface area contributed by atoms with Crippen LogP contribution in [0, 0.1) is 6.92 Å². The summed E-state index contributed by atoms with van der Waals surface area (Å²) in [5.74, 6) is 0. The zero-order valence-electron chi connectivity index (χ0n) is 4.97. The molecule has 0 atom stereocenters. The van der Waals surface area contributed by atoms with Crippen LogP contribution in [0.25, 0.3) is 0 Å². The molecule has 0 aromatic carbocycles. The second-order valence-electron chi connectivity index (χ2n) is 1.60. The molecule has 8 heavy (non-hydrogen) atoms. The van der Waals surface area contributed by atoms with Crippen LogP contribution in [0.4, 0.5) is 0 Å². The van der Waals surface area contributed by atoms with Crippen molar-refractivity contribution in [2.45, 2.75) is 11.1 Å². The lowest BCUT2D eigenvalue weighted by Crippen LogP contribution is -1.61. The average molecular weight is 144 g/mol. The van der Waals surface area contributed by atoms with Gasteiger partial charge in [0.25, 0.3) is 0 Å². The van der Waals surface area contributed by atoms with E-state index in [0.29, 0.717) is 0 Å². The molecule has 0 saturated heterocycles. The predicted molar refractivity (Wildman–Crippen MR) is 40.8 cm³/mol. The van der Waals surface area contributed by atoms with Gasteiger partial charge < -0.3 is 0 Å². The third-order valence-corrected chi connectivity index (χ3v) is 3.29. The van der Waals surface area contributed by atoms with E-state index in [4.69, 9.17) is 0 Å². The summed E-state index contributed by atoms with van der Waals surface area (Å²) in [5.41, 5.74) is 1.41. The molecule has 0 amide bonds. The maximum absolute atomic E-state index is 2.15. The Morgan fingerprint density at radius 1 is 1.62 bits per heavy atom. The van der Waals surface area contributed by atoms with Crippen LogP contribution in [-0.2, 0) is 0 Å². The summed E-state index contributed by atoms with van der Waals surface area (Å²) >= 11 is 3.63. The number of rotatable bonds is 1. The highest BCUT2D eigenvalue weighted by Crippen LogP contribution is 2.25. The monoisotopic (exact) mass is 144 g/mol. The van der Waals surface area contributed by atoms with Gasteiger partial charge in [-0.05, 0) is 30.2 Å². The van der Waals surface area contributed by atoms with Crippen molar-refractivity contribution in [2.75, 3.05) is 6.26 Å². The molecule has 0 aliphatic rings. The van der Waals surface area contributed by atoms with Crippen molar-refractivity contribution in [1.29, 1.82) is 0 Å². The van der Waals surface area contributed by atoms with Crippen LogP contribution in [-0.4, -0.2) is 6.26 Å². The first kappa shape index (κ1) is 6.17. The Morgan fingerprint density at radius 3 is 2.62 bits per heavy atom. The summed E-state index contributed by atoms with van der Waals surface area (Å²) in [6.45, 7) is 2.14. The summed E-state index contributed by atoms with van der Waals surface area (Å²) in [6.07, 6.45) is 2.11. The Kier molecular flexibility index (Phi) is 1.97. The number of aryl methyl sites for hydroxylation is 1. The molecule has 0 spiro atoms. The van der Waals surface area contributed by atoms with Gasteiger partial charge in [0.2, 0.25) is 0 Å².